The van der Waals surface area contributed by atoms with E-state index in [-0.39, 0.29) is 5.56 Å². The Morgan fingerprint density at radius 1 is 1.41 bits per heavy atom. The summed E-state index contributed by atoms with van der Waals surface area (Å²) >= 11 is 0. The molecule has 0 aliphatic heterocycles. The van der Waals surface area contributed by atoms with E-state index >= 15 is 0 Å². The highest BCUT2D eigenvalue weighted by molar-refractivity contribution is 5.30. The molecule has 3 N–H and O–H groups in total. The Morgan fingerprint density at radius 3 is 2.76 bits per heavy atom. The van der Waals surface area contributed by atoms with Crippen LogP contribution in [0.15, 0.2) is 30.6 Å². The van der Waals surface area contributed by atoms with Gasteiger partial charge in [0.15, 0.2) is 0 Å². The minimum Gasteiger partial charge on any atom is -0.275 e. The minimum absolute atomic E-state index is 0.153. The van der Waals surface area contributed by atoms with Crippen molar-refractivity contribution in [2.24, 2.45) is 12.9 Å². The van der Waals surface area contributed by atoms with Crippen molar-refractivity contribution in [3.8, 4) is 0 Å². The van der Waals surface area contributed by atoms with Crippen molar-refractivity contribution < 1.29 is 8.78 Å². The average Bonchev–Trinajstić information content (AvgIpc) is 2.71. The Bertz CT molecular complexity index is 524. The SMILES string of the molecule is Cn1cc(C(NN)c2cc(F)ccc2F)cn1. The van der Waals surface area contributed by atoms with Crippen LogP contribution in [0.1, 0.15) is 17.2 Å². The molecule has 6 heteroatoms. The highest BCUT2D eigenvalue weighted by Gasteiger charge is 2.18. The minimum atomic E-state index is -0.626. The molecule has 90 valence electrons. The Kier molecular flexibility index (Phi) is 3.16. The van der Waals surface area contributed by atoms with E-state index in [1.807, 2.05) is 0 Å². The number of aromatic nitrogens is 2. The van der Waals surface area contributed by atoms with Gasteiger partial charge in [-0.15, -0.1) is 0 Å². The molecule has 17 heavy (non-hydrogen) atoms. The molecule has 0 radical (unpaired) electrons. The average molecular weight is 238 g/mol. The lowest BCUT2D eigenvalue weighted by Crippen LogP contribution is -2.29. The van der Waals surface area contributed by atoms with Gasteiger partial charge in [0, 0.05) is 24.4 Å². The molecular weight excluding hydrogens is 226 g/mol. The van der Waals surface area contributed by atoms with Crippen molar-refractivity contribution in [3.05, 3.63) is 53.4 Å². The summed E-state index contributed by atoms with van der Waals surface area (Å²) in [5.74, 6) is 4.36. The fraction of sp³-hybridized carbons (Fsp3) is 0.182. The molecule has 1 heterocycles. The van der Waals surface area contributed by atoms with Gasteiger partial charge in [-0.25, -0.2) is 14.2 Å². The second kappa shape index (κ2) is 4.60. The second-order valence-corrected chi connectivity index (χ2v) is 3.71. The second-order valence-electron chi connectivity index (χ2n) is 3.71. The van der Waals surface area contributed by atoms with Gasteiger partial charge in [0.25, 0.3) is 0 Å². The zero-order valence-electron chi connectivity index (χ0n) is 9.19. The molecule has 1 unspecified atom stereocenters. The maximum atomic E-state index is 13.6. The van der Waals surface area contributed by atoms with Crippen LogP contribution < -0.4 is 11.3 Å². The van der Waals surface area contributed by atoms with Crippen molar-refractivity contribution in [2.45, 2.75) is 6.04 Å². The third kappa shape index (κ3) is 2.32. The summed E-state index contributed by atoms with van der Waals surface area (Å²) in [6.07, 6.45) is 3.24. The predicted octanol–water partition coefficient (Wildman–Crippen LogP) is 1.25. The number of aryl methyl sites for hydroxylation is 1. The van der Waals surface area contributed by atoms with Gasteiger partial charge in [0.2, 0.25) is 0 Å². The lowest BCUT2D eigenvalue weighted by Gasteiger charge is -2.15. The molecule has 2 rings (SSSR count). The van der Waals surface area contributed by atoms with Crippen LogP contribution >= 0.6 is 0 Å². The Morgan fingerprint density at radius 2 is 2.18 bits per heavy atom. The van der Waals surface area contributed by atoms with Crippen molar-refractivity contribution in [2.75, 3.05) is 0 Å². The normalized spacial score (nSPS) is 12.7. The van der Waals surface area contributed by atoms with E-state index < -0.39 is 17.7 Å². The van der Waals surface area contributed by atoms with Crippen molar-refractivity contribution >= 4 is 0 Å². The summed E-state index contributed by atoms with van der Waals surface area (Å²) in [6, 6.07) is 2.63. The zero-order chi connectivity index (χ0) is 12.4. The molecule has 0 saturated heterocycles. The molecule has 1 atom stereocenters. The monoisotopic (exact) mass is 238 g/mol. The topological polar surface area (TPSA) is 55.9 Å². The summed E-state index contributed by atoms with van der Waals surface area (Å²) in [5.41, 5.74) is 3.28. The van der Waals surface area contributed by atoms with Crippen LogP contribution in [0.3, 0.4) is 0 Å². The van der Waals surface area contributed by atoms with E-state index in [0.717, 1.165) is 18.2 Å². The van der Waals surface area contributed by atoms with E-state index in [4.69, 9.17) is 5.84 Å². The molecule has 0 saturated carbocycles. The molecule has 1 aromatic carbocycles. The molecule has 1 aromatic heterocycles. The fourth-order valence-corrected chi connectivity index (χ4v) is 1.69. The van der Waals surface area contributed by atoms with Crippen LogP contribution in [0.4, 0.5) is 8.78 Å². The summed E-state index contributed by atoms with van der Waals surface area (Å²) in [7, 11) is 1.74. The summed E-state index contributed by atoms with van der Waals surface area (Å²) in [4.78, 5) is 0. The molecule has 0 spiro atoms. The highest BCUT2D eigenvalue weighted by Crippen LogP contribution is 2.23. The number of rotatable bonds is 3. The molecular formula is C11H12F2N4. The molecule has 0 aliphatic rings. The number of benzene rings is 1. The third-order valence-electron chi connectivity index (χ3n) is 2.49. The lowest BCUT2D eigenvalue weighted by atomic mass is 10.0. The van der Waals surface area contributed by atoms with Crippen LogP contribution in [0, 0.1) is 11.6 Å². The van der Waals surface area contributed by atoms with Crippen molar-refractivity contribution in [3.63, 3.8) is 0 Å². The molecule has 2 aromatic rings. The highest BCUT2D eigenvalue weighted by atomic mass is 19.1. The van der Waals surface area contributed by atoms with Crippen molar-refractivity contribution in [1.82, 2.24) is 15.2 Å². The van der Waals surface area contributed by atoms with Crippen LogP contribution in [0.2, 0.25) is 0 Å². The molecule has 0 amide bonds. The van der Waals surface area contributed by atoms with E-state index in [1.54, 1.807) is 24.1 Å². The van der Waals surface area contributed by atoms with Crippen LogP contribution in [-0.4, -0.2) is 9.78 Å². The van der Waals surface area contributed by atoms with Gasteiger partial charge >= 0.3 is 0 Å². The van der Waals surface area contributed by atoms with Gasteiger partial charge in [0.05, 0.1) is 12.2 Å². The number of nitrogens with two attached hydrogens (primary N) is 1. The Labute approximate surface area is 97.0 Å². The number of hydrogen-bond donors (Lipinski definition) is 2. The van der Waals surface area contributed by atoms with Crippen LogP contribution in [0.25, 0.3) is 0 Å². The van der Waals surface area contributed by atoms with E-state index in [2.05, 4.69) is 10.5 Å². The first-order chi connectivity index (χ1) is 8.11. The maximum absolute atomic E-state index is 13.6. The smallest absolute Gasteiger partial charge is 0.128 e. The van der Waals surface area contributed by atoms with Gasteiger partial charge in [-0.3, -0.25) is 10.5 Å². The van der Waals surface area contributed by atoms with Gasteiger partial charge in [0.1, 0.15) is 11.6 Å². The van der Waals surface area contributed by atoms with Crippen molar-refractivity contribution in [1.29, 1.82) is 0 Å². The Hall–Kier alpha value is -1.79. The summed E-state index contributed by atoms with van der Waals surface area (Å²) in [5, 5.41) is 3.97. The molecule has 0 aliphatic carbocycles. The number of halogens is 2. The zero-order valence-corrected chi connectivity index (χ0v) is 9.19. The predicted molar refractivity (Wildman–Crippen MR) is 58.7 cm³/mol. The number of nitrogens with zero attached hydrogens (tertiary/aromatic N) is 2. The fourth-order valence-electron chi connectivity index (χ4n) is 1.69. The number of hydrazine groups is 1. The van der Waals surface area contributed by atoms with E-state index in [1.165, 1.54) is 0 Å². The molecule has 0 bridgehead atoms. The van der Waals surface area contributed by atoms with Crippen LogP contribution in [0.5, 0.6) is 0 Å². The van der Waals surface area contributed by atoms with Gasteiger partial charge in [-0.2, -0.15) is 5.10 Å². The maximum Gasteiger partial charge on any atom is 0.128 e. The van der Waals surface area contributed by atoms with E-state index in [0.29, 0.717) is 5.56 Å². The van der Waals surface area contributed by atoms with Crippen LogP contribution in [-0.2, 0) is 7.05 Å². The standard InChI is InChI=1S/C11H12F2N4/c1-17-6-7(5-15-17)11(16-14)9-4-8(12)2-3-10(9)13/h2-6,11,16H,14H2,1H3. The number of nitrogens with one attached hydrogen (secondary N) is 1. The Balaban J connectivity index is 2.45. The van der Waals surface area contributed by atoms with E-state index in [9.17, 15) is 8.78 Å². The number of hydrogen-bond acceptors (Lipinski definition) is 3. The summed E-state index contributed by atoms with van der Waals surface area (Å²) < 4.78 is 28.3. The first-order valence-electron chi connectivity index (χ1n) is 5.01. The third-order valence-corrected chi connectivity index (χ3v) is 2.49. The summed E-state index contributed by atoms with van der Waals surface area (Å²) in [6.45, 7) is 0. The van der Waals surface area contributed by atoms with Gasteiger partial charge in [-0.05, 0) is 18.2 Å². The quantitative estimate of drug-likeness (QED) is 0.625. The van der Waals surface area contributed by atoms with Gasteiger partial charge < -0.3 is 0 Å². The first kappa shape index (κ1) is 11.7. The molecule has 0 fully saturated rings. The van der Waals surface area contributed by atoms with Gasteiger partial charge in [-0.1, -0.05) is 0 Å². The lowest BCUT2D eigenvalue weighted by molar-refractivity contribution is 0.545. The largest absolute Gasteiger partial charge is 0.275 e. The molecule has 4 nitrogen and oxygen atoms in total. The first-order valence-corrected chi connectivity index (χ1v) is 5.01.